The predicted molar refractivity (Wildman–Crippen MR) is 71.1 cm³/mol. The average molecular weight is 247 g/mol. The highest BCUT2D eigenvalue weighted by Crippen LogP contribution is 2.40. The van der Waals surface area contributed by atoms with Crippen molar-refractivity contribution in [1.82, 2.24) is 4.98 Å². The van der Waals surface area contributed by atoms with E-state index in [1.165, 1.54) is 0 Å². The molecule has 0 fully saturated rings. The Morgan fingerprint density at radius 2 is 1.79 bits per heavy atom. The maximum absolute atomic E-state index is 12.3. The van der Waals surface area contributed by atoms with Crippen LogP contribution in [-0.4, -0.2) is 16.6 Å². The quantitative estimate of drug-likeness (QED) is 0.613. The highest BCUT2D eigenvalue weighted by atomic mass is 16.1. The van der Waals surface area contributed by atoms with Gasteiger partial charge in [0.1, 0.15) is 5.69 Å². The molecule has 4 rings (SSSR count). The predicted octanol–water partition coefficient (Wildman–Crippen LogP) is 2.89. The van der Waals surface area contributed by atoms with Crippen LogP contribution in [-0.2, 0) is 0 Å². The molecule has 0 saturated heterocycles. The highest BCUT2D eigenvalue weighted by molar-refractivity contribution is 6.24. The number of hydrogen-bond donors (Lipinski definition) is 0. The normalized spacial score (nSPS) is 15.2. The number of nitrogens with zero attached hydrogens (tertiary/aromatic N) is 1. The van der Waals surface area contributed by atoms with Crippen molar-refractivity contribution >= 4 is 17.6 Å². The zero-order valence-electron chi connectivity index (χ0n) is 10.0. The fourth-order valence-electron chi connectivity index (χ4n) is 2.81. The molecule has 2 aromatic rings. The number of Topliss-reactive ketones (excluding diaryl/α,β-unsaturated/α-hetero) is 1. The molecule has 3 heteroatoms. The topological polar surface area (TPSA) is 47.0 Å². The molecule has 0 amide bonds. The second-order valence-corrected chi connectivity index (χ2v) is 4.72. The van der Waals surface area contributed by atoms with Gasteiger partial charge in [-0.05, 0) is 5.56 Å². The van der Waals surface area contributed by atoms with Crippen LogP contribution in [0.1, 0.15) is 38.4 Å². The Kier molecular flexibility index (Phi) is 1.90. The lowest BCUT2D eigenvalue weighted by molar-refractivity contribution is 0.0995. The molecule has 0 N–H and O–H groups in total. The minimum atomic E-state index is -0.0873. The third kappa shape index (κ3) is 1.24. The molecule has 0 saturated carbocycles. The first-order chi connectivity index (χ1) is 9.27. The summed E-state index contributed by atoms with van der Waals surface area (Å²) < 4.78 is 0. The maximum atomic E-state index is 12.3. The molecule has 0 unspecified atom stereocenters. The van der Waals surface area contributed by atoms with E-state index in [0.717, 1.165) is 11.1 Å². The van der Waals surface area contributed by atoms with E-state index < -0.39 is 0 Å². The van der Waals surface area contributed by atoms with Crippen LogP contribution in [0.3, 0.4) is 0 Å². The van der Waals surface area contributed by atoms with Crippen LogP contribution in [0, 0.1) is 0 Å². The molecule has 0 bridgehead atoms. The summed E-state index contributed by atoms with van der Waals surface area (Å²) in [6.07, 6.45) is 5.74. The highest BCUT2D eigenvalue weighted by Gasteiger charge is 2.33. The summed E-state index contributed by atoms with van der Waals surface area (Å²) in [7, 11) is 0. The molecule has 90 valence electrons. The smallest absolute Gasteiger partial charge is 0.212 e. The maximum Gasteiger partial charge on any atom is 0.212 e. The summed E-state index contributed by atoms with van der Waals surface area (Å²) in [5, 5.41) is 0. The fourth-order valence-corrected chi connectivity index (χ4v) is 2.81. The molecule has 0 aliphatic heterocycles. The fraction of sp³-hybridized carbons (Fsp3) is 0.0625. The van der Waals surface area contributed by atoms with E-state index in [1.54, 1.807) is 12.3 Å². The van der Waals surface area contributed by atoms with Crippen LogP contribution >= 0.6 is 0 Å². The molecule has 2 aliphatic carbocycles. The number of rotatable bonds is 0. The lowest BCUT2D eigenvalue weighted by Crippen LogP contribution is -2.09. The number of carbonyl (C=O) groups is 2. The summed E-state index contributed by atoms with van der Waals surface area (Å²) in [6.45, 7) is 0. The zero-order chi connectivity index (χ0) is 13.0. The van der Waals surface area contributed by atoms with Gasteiger partial charge in [0, 0.05) is 34.9 Å². The van der Waals surface area contributed by atoms with Gasteiger partial charge < -0.3 is 0 Å². The van der Waals surface area contributed by atoms with Crippen molar-refractivity contribution in [3.63, 3.8) is 0 Å². The third-order valence-electron chi connectivity index (χ3n) is 3.64. The van der Waals surface area contributed by atoms with Crippen molar-refractivity contribution in [2.45, 2.75) is 6.42 Å². The number of carbonyl (C=O) groups excluding carboxylic acids is 2. The van der Waals surface area contributed by atoms with Gasteiger partial charge in [-0.2, -0.15) is 0 Å². The molecule has 1 heterocycles. The van der Waals surface area contributed by atoms with Crippen molar-refractivity contribution in [3.8, 4) is 11.1 Å². The van der Waals surface area contributed by atoms with Gasteiger partial charge in [-0.15, -0.1) is 0 Å². The van der Waals surface area contributed by atoms with E-state index in [9.17, 15) is 9.59 Å². The van der Waals surface area contributed by atoms with Crippen LogP contribution in [0.5, 0.6) is 0 Å². The summed E-state index contributed by atoms with van der Waals surface area (Å²) in [4.78, 5) is 28.7. The minimum Gasteiger partial charge on any atom is -0.294 e. The van der Waals surface area contributed by atoms with E-state index in [2.05, 4.69) is 4.98 Å². The molecule has 0 radical (unpaired) electrons. The summed E-state index contributed by atoms with van der Waals surface area (Å²) in [6, 6.07) is 7.38. The largest absolute Gasteiger partial charge is 0.294 e. The SMILES string of the molecule is O=C1c2ccccc2-c2c1ncc1c2C(=O)CC=C1. The van der Waals surface area contributed by atoms with Crippen LogP contribution < -0.4 is 0 Å². The van der Waals surface area contributed by atoms with Crippen molar-refractivity contribution in [2.24, 2.45) is 0 Å². The lowest BCUT2D eigenvalue weighted by atomic mass is 9.91. The lowest BCUT2D eigenvalue weighted by Gasteiger charge is -2.13. The number of aromatic nitrogens is 1. The molecular weight excluding hydrogens is 238 g/mol. The molecule has 3 nitrogen and oxygen atoms in total. The van der Waals surface area contributed by atoms with Crippen LogP contribution in [0.15, 0.2) is 36.5 Å². The number of allylic oxidation sites excluding steroid dienone is 1. The summed E-state index contributed by atoms with van der Waals surface area (Å²) in [5.74, 6) is -0.0311. The molecule has 1 aromatic carbocycles. The Morgan fingerprint density at radius 3 is 2.63 bits per heavy atom. The second kappa shape index (κ2) is 3.48. The molecular formula is C16H9NO2. The van der Waals surface area contributed by atoms with E-state index in [4.69, 9.17) is 0 Å². The van der Waals surface area contributed by atoms with Crippen LogP contribution in [0.4, 0.5) is 0 Å². The first kappa shape index (κ1) is 10.4. The van der Waals surface area contributed by atoms with E-state index >= 15 is 0 Å². The van der Waals surface area contributed by atoms with Gasteiger partial charge in [0.25, 0.3) is 0 Å². The summed E-state index contributed by atoms with van der Waals surface area (Å²) >= 11 is 0. The third-order valence-corrected chi connectivity index (χ3v) is 3.64. The summed E-state index contributed by atoms with van der Waals surface area (Å²) in [5.41, 5.74) is 4.04. The average Bonchev–Trinajstić information content (AvgIpc) is 2.73. The molecule has 1 aromatic heterocycles. The standard InChI is InChI=1S/C16H9NO2/c18-12-7-3-4-9-8-17-15-14(13(9)12)10-5-1-2-6-11(10)16(15)19/h1-6,8H,7H2. The zero-order valence-corrected chi connectivity index (χ0v) is 10.0. The van der Waals surface area contributed by atoms with Gasteiger partial charge in [0.2, 0.25) is 5.78 Å². The van der Waals surface area contributed by atoms with Gasteiger partial charge in [0.05, 0.1) is 0 Å². The Balaban J connectivity index is 2.15. The second-order valence-electron chi connectivity index (χ2n) is 4.72. The number of benzene rings is 1. The van der Waals surface area contributed by atoms with E-state index in [0.29, 0.717) is 28.8 Å². The minimum absolute atomic E-state index is 0.0562. The number of hydrogen-bond acceptors (Lipinski definition) is 3. The number of ketones is 2. The van der Waals surface area contributed by atoms with Crippen molar-refractivity contribution in [2.75, 3.05) is 0 Å². The molecule has 0 spiro atoms. The van der Waals surface area contributed by atoms with E-state index in [1.807, 2.05) is 30.4 Å². The number of fused-ring (bicyclic) bond motifs is 5. The van der Waals surface area contributed by atoms with Crippen LogP contribution in [0.2, 0.25) is 0 Å². The molecule has 2 aliphatic rings. The van der Waals surface area contributed by atoms with Crippen molar-refractivity contribution in [1.29, 1.82) is 0 Å². The van der Waals surface area contributed by atoms with Crippen molar-refractivity contribution in [3.05, 3.63) is 58.9 Å². The first-order valence-electron chi connectivity index (χ1n) is 6.14. The van der Waals surface area contributed by atoms with Gasteiger partial charge >= 0.3 is 0 Å². The van der Waals surface area contributed by atoms with Crippen molar-refractivity contribution < 1.29 is 9.59 Å². The van der Waals surface area contributed by atoms with Crippen LogP contribution in [0.25, 0.3) is 17.2 Å². The van der Waals surface area contributed by atoms with Gasteiger partial charge in [0.15, 0.2) is 5.78 Å². The van der Waals surface area contributed by atoms with Gasteiger partial charge in [-0.1, -0.05) is 36.4 Å². The Morgan fingerprint density at radius 1 is 1.00 bits per heavy atom. The first-order valence-corrected chi connectivity index (χ1v) is 6.14. The van der Waals surface area contributed by atoms with Gasteiger partial charge in [-0.3, -0.25) is 14.6 Å². The van der Waals surface area contributed by atoms with E-state index in [-0.39, 0.29) is 11.6 Å². The molecule has 19 heavy (non-hydrogen) atoms. The number of pyridine rings is 1. The Bertz CT molecular complexity index is 787. The Labute approximate surface area is 109 Å². The monoisotopic (exact) mass is 247 g/mol. The Hall–Kier alpha value is -2.55. The molecule has 0 atom stereocenters. The van der Waals surface area contributed by atoms with Gasteiger partial charge in [-0.25, -0.2) is 0 Å².